The zero-order chi connectivity index (χ0) is 26.9. The number of allylic oxidation sites excluding steroid dienone is 1. The first-order valence-corrected chi connectivity index (χ1v) is 12.8. The second-order valence-corrected chi connectivity index (χ2v) is 9.07. The van der Waals surface area contributed by atoms with Gasteiger partial charge in [0.1, 0.15) is 34.6 Å². The highest BCUT2D eigenvalue weighted by Crippen LogP contribution is 2.43. The van der Waals surface area contributed by atoms with Crippen molar-refractivity contribution in [3.8, 4) is 29.1 Å². The normalized spacial score (nSPS) is 14.2. The van der Waals surface area contributed by atoms with Crippen LogP contribution in [-0.2, 0) is 0 Å². The van der Waals surface area contributed by atoms with E-state index in [9.17, 15) is 10.1 Å². The van der Waals surface area contributed by atoms with Crippen molar-refractivity contribution >= 4 is 5.97 Å². The van der Waals surface area contributed by atoms with E-state index in [-0.39, 0.29) is 5.88 Å². The molecule has 0 bridgehead atoms. The van der Waals surface area contributed by atoms with Crippen LogP contribution in [0, 0.1) is 11.3 Å². The zero-order valence-electron chi connectivity index (χ0n) is 21.7. The minimum absolute atomic E-state index is 0.0241. The van der Waals surface area contributed by atoms with Crippen LogP contribution in [0.15, 0.2) is 78.2 Å². The number of esters is 1. The van der Waals surface area contributed by atoms with Gasteiger partial charge in [-0.05, 0) is 54.4 Å². The molecule has 1 unspecified atom stereocenters. The molecule has 1 aliphatic rings. The highest BCUT2D eigenvalue weighted by Gasteiger charge is 2.31. The molecule has 1 atom stereocenters. The molecular weight excluding hydrogens is 480 g/mol. The lowest BCUT2D eigenvalue weighted by Crippen LogP contribution is -2.21. The Kier molecular flexibility index (Phi) is 8.89. The Balaban J connectivity index is 1.49. The highest BCUT2D eigenvalue weighted by molar-refractivity contribution is 5.91. The van der Waals surface area contributed by atoms with Crippen molar-refractivity contribution in [3.63, 3.8) is 0 Å². The summed E-state index contributed by atoms with van der Waals surface area (Å²) in [7, 11) is 1.56. The number of hydrogen-bond donors (Lipinski definition) is 1. The van der Waals surface area contributed by atoms with Crippen molar-refractivity contribution in [2.45, 2.75) is 44.9 Å². The maximum Gasteiger partial charge on any atom is 0.343 e. The Hall–Kier alpha value is -4.44. The predicted octanol–water partition coefficient (Wildman–Crippen LogP) is 6.48. The second-order valence-electron chi connectivity index (χ2n) is 9.07. The molecule has 0 aromatic heterocycles. The Bertz CT molecular complexity index is 1320. The van der Waals surface area contributed by atoms with Crippen LogP contribution in [0.4, 0.5) is 0 Å². The number of nitrogens with zero attached hydrogens (tertiary/aromatic N) is 1. The number of methoxy groups -OCH3 is 1. The molecule has 0 saturated carbocycles. The third-order valence-corrected chi connectivity index (χ3v) is 6.46. The van der Waals surface area contributed by atoms with Crippen molar-refractivity contribution in [2.75, 3.05) is 13.7 Å². The Morgan fingerprint density at radius 3 is 2.32 bits per heavy atom. The summed E-state index contributed by atoms with van der Waals surface area (Å²) in [6.45, 7) is 2.88. The molecule has 0 amide bonds. The maximum absolute atomic E-state index is 12.6. The lowest BCUT2D eigenvalue weighted by molar-refractivity contribution is 0.0734. The summed E-state index contributed by atoms with van der Waals surface area (Å²) in [4.78, 5) is 12.6. The van der Waals surface area contributed by atoms with E-state index in [1.165, 1.54) is 19.3 Å². The van der Waals surface area contributed by atoms with Gasteiger partial charge in [0.15, 0.2) is 0 Å². The minimum Gasteiger partial charge on any atom is -0.497 e. The number of hydrogen-bond acceptors (Lipinski definition) is 7. The minimum atomic E-state index is -0.512. The molecule has 1 aliphatic heterocycles. The standard InChI is InChI=1S/C31H32N2O5/c1-3-4-5-6-7-18-36-24-14-8-21(9-15-24)29-26-17-16-25(19-28(26)38-30(33)27(29)20-32)37-31(34)22-10-12-23(35-2)13-11-22/h8-17,19,29H,3-7,18,33H2,1-2H3. The Morgan fingerprint density at radius 2 is 1.63 bits per heavy atom. The molecule has 0 saturated heterocycles. The number of benzene rings is 3. The van der Waals surface area contributed by atoms with Crippen LogP contribution in [-0.4, -0.2) is 19.7 Å². The lowest BCUT2D eigenvalue weighted by Gasteiger charge is -2.26. The van der Waals surface area contributed by atoms with Crippen LogP contribution >= 0.6 is 0 Å². The van der Waals surface area contributed by atoms with E-state index in [1.807, 2.05) is 24.3 Å². The summed E-state index contributed by atoms with van der Waals surface area (Å²) >= 11 is 0. The van der Waals surface area contributed by atoms with Crippen molar-refractivity contribution in [3.05, 3.63) is 94.9 Å². The molecule has 0 aliphatic carbocycles. The van der Waals surface area contributed by atoms with Crippen LogP contribution < -0.4 is 24.7 Å². The van der Waals surface area contributed by atoms with Gasteiger partial charge in [-0.1, -0.05) is 50.8 Å². The van der Waals surface area contributed by atoms with E-state index in [0.29, 0.717) is 35.0 Å². The number of carbonyl (C=O) groups is 1. The zero-order valence-corrected chi connectivity index (χ0v) is 21.7. The Morgan fingerprint density at radius 1 is 0.947 bits per heavy atom. The number of carbonyl (C=O) groups excluding carboxylic acids is 1. The topological polar surface area (TPSA) is 104 Å². The first-order chi connectivity index (χ1) is 18.5. The van der Waals surface area contributed by atoms with Crippen LogP contribution in [0.3, 0.4) is 0 Å². The summed E-state index contributed by atoms with van der Waals surface area (Å²) < 4.78 is 22.3. The average molecular weight is 513 g/mol. The summed E-state index contributed by atoms with van der Waals surface area (Å²) in [5.41, 5.74) is 8.48. The smallest absolute Gasteiger partial charge is 0.343 e. The van der Waals surface area contributed by atoms with E-state index in [4.69, 9.17) is 24.7 Å². The van der Waals surface area contributed by atoms with Crippen LogP contribution in [0.2, 0.25) is 0 Å². The first-order valence-electron chi connectivity index (χ1n) is 12.8. The van der Waals surface area contributed by atoms with Crippen LogP contribution in [0.1, 0.15) is 66.4 Å². The van der Waals surface area contributed by atoms with E-state index >= 15 is 0 Å². The van der Waals surface area contributed by atoms with Crippen molar-refractivity contribution in [1.82, 2.24) is 0 Å². The fourth-order valence-electron chi connectivity index (χ4n) is 4.39. The van der Waals surface area contributed by atoms with Gasteiger partial charge in [0.05, 0.1) is 25.2 Å². The van der Waals surface area contributed by atoms with E-state index in [1.54, 1.807) is 49.6 Å². The largest absolute Gasteiger partial charge is 0.497 e. The molecule has 3 aromatic carbocycles. The molecule has 0 radical (unpaired) electrons. The van der Waals surface area contributed by atoms with Crippen molar-refractivity contribution in [2.24, 2.45) is 5.73 Å². The van der Waals surface area contributed by atoms with Crippen molar-refractivity contribution in [1.29, 1.82) is 5.26 Å². The van der Waals surface area contributed by atoms with E-state index < -0.39 is 11.9 Å². The molecule has 7 heteroatoms. The molecule has 4 rings (SSSR count). The predicted molar refractivity (Wildman–Crippen MR) is 144 cm³/mol. The fourth-order valence-corrected chi connectivity index (χ4v) is 4.39. The number of fused-ring (bicyclic) bond motifs is 1. The quantitative estimate of drug-likeness (QED) is 0.178. The van der Waals surface area contributed by atoms with Gasteiger partial charge in [0, 0.05) is 11.6 Å². The SMILES string of the molecule is CCCCCCCOc1ccc(C2C(C#N)=C(N)Oc3cc(OC(=O)c4ccc(OC)cc4)ccc32)cc1. The molecule has 196 valence electrons. The van der Waals surface area contributed by atoms with Crippen LogP contribution in [0.25, 0.3) is 0 Å². The molecule has 0 spiro atoms. The third-order valence-electron chi connectivity index (χ3n) is 6.46. The Labute approximate surface area is 223 Å². The second kappa shape index (κ2) is 12.7. The van der Waals surface area contributed by atoms with E-state index in [2.05, 4.69) is 13.0 Å². The third kappa shape index (κ3) is 6.27. The van der Waals surface area contributed by atoms with Gasteiger partial charge in [-0.3, -0.25) is 0 Å². The van der Waals surface area contributed by atoms with E-state index in [0.717, 1.165) is 29.7 Å². The maximum atomic E-state index is 12.6. The molecule has 7 nitrogen and oxygen atoms in total. The molecule has 2 N–H and O–H groups in total. The fraction of sp³-hybridized carbons (Fsp3) is 0.290. The van der Waals surface area contributed by atoms with Gasteiger partial charge in [-0.15, -0.1) is 0 Å². The number of rotatable bonds is 11. The molecule has 3 aromatic rings. The highest BCUT2D eigenvalue weighted by atomic mass is 16.5. The van der Waals surface area contributed by atoms with Crippen LogP contribution in [0.5, 0.6) is 23.0 Å². The molecule has 38 heavy (non-hydrogen) atoms. The van der Waals surface area contributed by atoms with Gasteiger partial charge >= 0.3 is 5.97 Å². The van der Waals surface area contributed by atoms with Crippen molar-refractivity contribution < 1.29 is 23.7 Å². The lowest BCUT2D eigenvalue weighted by atomic mass is 9.83. The van der Waals surface area contributed by atoms with Gasteiger partial charge in [0.2, 0.25) is 5.88 Å². The van der Waals surface area contributed by atoms with Gasteiger partial charge < -0.3 is 24.7 Å². The summed E-state index contributed by atoms with van der Waals surface area (Å²) in [5, 5.41) is 9.84. The van der Waals surface area contributed by atoms with Gasteiger partial charge in [0.25, 0.3) is 0 Å². The number of nitrogens with two attached hydrogens (primary N) is 1. The molecule has 0 fully saturated rings. The van der Waals surface area contributed by atoms with Gasteiger partial charge in [-0.2, -0.15) is 5.26 Å². The summed E-state index contributed by atoms with van der Waals surface area (Å²) in [6.07, 6.45) is 5.90. The monoisotopic (exact) mass is 512 g/mol. The summed E-state index contributed by atoms with van der Waals surface area (Å²) in [6, 6.07) is 21.6. The van der Waals surface area contributed by atoms with Gasteiger partial charge in [-0.25, -0.2) is 4.79 Å². The summed E-state index contributed by atoms with van der Waals surface area (Å²) in [5.74, 6) is 1.26. The number of unbranched alkanes of at least 4 members (excludes halogenated alkanes) is 4. The number of ether oxygens (including phenoxy) is 4. The molecule has 1 heterocycles. The molecular formula is C31H32N2O5. The average Bonchev–Trinajstić information content (AvgIpc) is 2.94. The number of nitriles is 1. The first kappa shape index (κ1) is 26.6.